The van der Waals surface area contributed by atoms with Gasteiger partial charge in [-0.05, 0) is 55.0 Å². The Labute approximate surface area is 309 Å². The van der Waals surface area contributed by atoms with Gasteiger partial charge in [-0.25, -0.2) is 9.97 Å². The molecule has 3 heterocycles. The number of nitrogens with one attached hydrogen (secondary N) is 2. The molecule has 0 saturated heterocycles. The van der Waals surface area contributed by atoms with Crippen LogP contribution in [0.3, 0.4) is 0 Å². The maximum Gasteiger partial charge on any atom is 0.270 e. The lowest BCUT2D eigenvalue weighted by Crippen LogP contribution is -2.51. The lowest BCUT2D eigenvalue weighted by atomic mass is 9.91. The van der Waals surface area contributed by atoms with Crippen molar-refractivity contribution < 1.29 is 37.1 Å². The summed E-state index contributed by atoms with van der Waals surface area (Å²) in [7, 11) is -3.67. The molecular weight excluding hydrogens is 719 g/mol. The number of carbonyl (C=O) groups excluding carboxylic acids is 4. The second-order valence-electron chi connectivity index (χ2n) is 13.0. The summed E-state index contributed by atoms with van der Waals surface area (Å²) >= 11 is 0. The number of non-ortho nitro benzene ring substituents is 1. The molecule has 278 valence electrons. The molecule has 17 heteroatoms. The molecule has 5 aromatic rings. The number of benzene rings is 4. The second kappa shape index (κ2) is 15.2. The Bertz CT molecular complexity index is 2450. The average Bonchev–Trinajstić information content (AvgIpc) is 3.13. The highest BCUT2D eigenvalue weighted by Crippen LogP contribution is 2.35. The first-order valence-corrected chi connectivity index (χ1v) is 18.7. The van der Waals surface area contributed by atoms with Crippen molar-refractivity contribution in [3.8, 4) is 11.4 Å². The fourth-order valence-corrected chi connectivity index (χ4v) is 6.70. The summed E-state index contributed by atoms with van der Waals surface area (Å²) in [5, 5.41) is 20.3. The van der Waals surface area contributed by atoms with Gasteiger partial charge < -0.3 is 10.6 Å². The molecular formula is C37H35N7O9S. The third-order valence-electron chi connectivity index (χ3n) is 9.01. The molecule has 2 atom stereocenters. The molecule has 0 aliphatic carbocycles. The van der Waals surface area contributed by atoms with Crippen LogP contribution in [0.1, 0.15) is 55.3 Å². The van der Waals surface area contributed by atoms with Crippen LogP contribution in [0.5, 0.6) is 0 Å². The Morgan fingerprint density at radius 3 is 1.65 bits per heavy atom. The zero-order chi connectivity index (χ0) is 38.9. The monoisotopic (exact) mass is 753 g/mol. The number of hydrogen-bond acceptors (Lipinski definition) is 12. The number of nitro benzene ring substituents is 1. The van der Waals surface area contributed by atoms with Crippen LogP contribution in [0.2, 0.25) is 0 Å². The zero-order valence-electron chi connectivity index (χ0n) is 29.3. The van der Waals surface area contributed by atoms with E-state index in [0.29, 0.717) is 70.1 Å². The first kappa shape index (κ1) is 37.7. The lowest BCUT2D eigenvalue weighted by Gasteiger charge is -2.32. The molecule has 2 aliphatic heterocycles. The molecule has 0 saturated carbocycles. The molecule has 0 unspecified atom stereocenters. The van der Waals surface area contributed by atoms with Gasteiger partial charge in [0.25, 0.3) is 39.4 Å². The summed E-state index contributed by atoms with van der Waals surface area (Å²) in [5.74, 6) is -1.28. The van der Waals surface area contributed by atoms with Crippen LogP contribution < -0.4 is 10.6 Å². The zero-order valence-corrected chi connectivity index (χ0v) is 30.2. The van der Waals surface area contributed by atoms with Gasteiger partial charge in [0.15, 0.2) is 5.82 Å². The van der Waals surface area contributed by atoms with Gasteiger partial charge in [-0.2, -0.15) is 8.42 Å². The highest BCUT2D eigenvalue weighted by Gasteiger charge is 2.38. The molecule has 4 aromatic carbocycles. The predicted octanol–water partition coefficient (Wildman–Crippen LogP) is 3.71. The Kier molecular flexibility index (Phi) is 10.6. The third kappa shape index (κ3) is 7.56. The predicted molar refractivity (Wildman–Crippen MR) is 199 cm³/mol. The van der Waals surface area contributed by atoms with Crippen molar-refractivity contribution in [2.24, 2.45) is 0 Å². The Hall–Kier alpha value is -6.01. The van der Waals surface area contributed by atoms with Gasteiger partial charge >= 0.3 is 0 Å². The van der Waals surface area contributed by atoms with Crippen molar-refractivity contribution in [1.29, 1.82) is 0 Å². The van der Waals surface area contributed by atoms with Crippen molar-refractivity contribution in [3.05, 3.63) is 111 Å². The molecule has 0 radical (unpaired) electrons. The normalized spacial score (nSPS) is 15.0. The van der Waals surface area contributed by atoms with E-state index >= 15 is 0 Å². The number of imide groups is 2. The van der Waals surface area contributed by atoms with E-state index in [2.05, 4.69) is 20.6 Å². The van der Waals surface area contributed by atoms with Crippen molar-refractivity contribution in [2.45, 2.75) is 25.9 Å². The number of rotatable bonds is 11. The highest BCUT2D eigenvalue weighted by molar-refractivity contribution is 7.85. The maximum atomic E-state index is 13.8. The molecule has 3 N–H and O–H groups in total. The topological polar surface area (TPSA) is 222 Å². The molecule has 4 amide bonds. The van der Waals surface area contributed by atoms with E-state index in [1.807, 2.05) is 19.1 Å². The standard InChI is InChI=1S/C36H31N7O6.CH4O3S/c1-20(41-33(44)26-8-3-6-22-14-24(32-39-10-5-11-40-32)16-28(30(22)26)35(41)46)18-37-12-13-38-19-21(2)42-34(45)27-9-4-7-23-15-25(43(48)49)17-29(31(23)27)36(42)47;1-5(2,3)4/h3-11,14-17,20-21,37-38H,12-13,18-19H2,1-2H3;1H3,(H,2,3,4)/t20-,21-;/m0./s1. The number of aromatic nitrogens is 2. The van der Waals surface area contributed by atoms with Crippen LogP contribution in [0.15, 0.2) is 79.1 Å². The first-order valence-electron chi connectivity index (χ1n) is 16.8. The Balaban J connectivity index is 0.000000934. The van der Waals surface area contributed by atoms with Crippen molar-refractivity contribution >= 4 is 61.0 Å². The molecule has 0 spiro atoms. The van der Waals surface area contributed by atoms with Crippen molar-refractivity contribution in [3.63, 3.8) is 0 Å². The lowest BCUT2D eigenvalue weighted by molar-refractivity contribution is -0.384. The molecule has 0 fully saturated rings. The van der Waals surface area contributed by atoms with Crippen LogP contribution >= 0.6 is 0 Å². The number of nitro groups is 1. The third-order valence-corrected chi connectivity index (χ3v) is 9.01. The fraction of sp³-hybridized carbons (Fsp3) is 0.243. The summed E-state index contributed by atoms with van der Waals surface area (Å²) in [6.07, 6.45) is 3.99. The van der Waals surface area contributed by atoms with Crippen LogP contribution in [0.4, 0.5) is 5.69 Å². The van der Waals surface area contributed by atoms with E-state index in [9.17, 15) is 37.7 Å². The molecule has 54 heavy (non-hydrogen) atoms. The van der Waals surface area contributed by atoms with Crippen molar-refractivity contribution in [1.82, 2.24) is 30.4 Å². The summed E-state index contributed by atoms with van der Waals surface area (Å²) in [4.78, 5) is 76.2. The van der Waals surface area contributed by atoms with Crippen LogP contribution in [0, 0.1) is 10.1 Å². The van der Waals surface area contributed by atoms with E-state index < -0.39 is 38.9 Å². The average molecular weight is 754 g/mol. The molecule has 0 bridgehead atoms. The SMILES string of the molecule is CS(=O)(=O)O.C[C@@H](CNCCNC[C@H](C)N1C(=O)c2cccc3cc([N+](=O)[O-])cc(c23)C1=O)N1C(=O)c2cccc3cc(-c4ncccn4)cc(c23)C1=O. The van der Waals surface area contributed by atoms with Crippen LogP contribution in [0.25, 0.3) is 32.9 Å². The molecule has 2 aliphatic rings. The van der Waals surface area contributed by atoms with Gasteiger partial charge in [0.05, 0.1) is 16.7 Å². The van der Waals surface area contributed by atoms with E-state index in [-0.39, 0.29) is 29.6 Å². The van der Waals surface area contributed by atoms with Crippen LogP contribution in [-0.2, 0) is 10.1 Å². The number of hydrogen-bond donors (Lipinski definition) is 3. The second-order valence-corrected chi connectivity index (χ2v) is 14.4. The molecule has 7 rings (SSSR count). The van der Waals surface area contributed by atoms with E-state index in [1.165, 1.54) is 17.0 Å². The summed E-state index contributed by atoms with van der Waals surface area (Å²) in [6.45, 7) is 5.11. The molecule has 1 aromatic heterocycles. The van der Waals surface area contributed by atoms with Gasteiger partial charge in [0.2, 0.25) is 0 Å². The van der Waals surface area contributed by atoms with Crippen molar-refractivity contribution in [2.75, 3.05) is 32.4 Å². The minimum absolute atomic E-state index is 0.132. The van der Waals surface area contributed by atoms with Gasteiger partial charge in [-0.1, -0.05) is 24.3 Å². The molecule has 16 nitrogen and oxygen atoms in total. The summed E-state index contributed by atoms with van der Waals surface area (Å²) in [5.41, 5.74) is 1.82. The highest BCUT2D eigenvalue weighted by atomic mass is 32.2. The quantitative estimate of drug-likeness (QED) is 0.0576. The van der Waals surface area contributed by atoms with Crippen LogP contribution in [-0.4, -0.2) is 106 Å². The fourth-order valence-electron chi connectivity index (χ4n) is 6.70. The minimum atomic E-state index is -3.67. The van der Waals surface area contributed by atoms with E-state index in [1.54, 1.807) is 61.8 Å². The Morgan fingerprint density at radius 2 is 1.17 bits per heavy atom. The smallest absolute Gasteiger partial charge is 0.270 e. The minimum Gasteiger partial charge on any atom is -0.313 e. The van der Waals surface area contributed by atoms with Gasteiger partial charge in [0, 0.05) is 95.8 Å². The first-order chi connectivity index (χ1) is 25.7. The number of nitrogens with zero attached hydrogens (tertiary/aromatic N) is 5. The van der Waals surface area contributed by atoms with Gasteiger partial charge in [-0.15, -0.1) is 0 Å². The maximum absolute atomic E-state index is 13.8. The van der Waals surface area contributed by atoms with E-state index in [0.717, 1.165) is 10.3 Å². The Morgan fingerprint density at radius 1 is 0.722 bits per heavy atom. The summed E-state index contributed by atoms with van der Waals surface area (Å²) in [6, 6.07) is 17.3. The number of amides is 4. The van der Waals surface area contributed by atoms with E-state index in [4.69, 9.17) is 4.55 Å². The van der Waals surface area contributed by atoms with Gasteiger partial charge in [-0.3, -0.25) is 43.6 Å². The summed E-state index contributed by atoms with van der Waals surface area (Å²) < 4.78 is 25.9. The van der Waals surface area contributed by atoms with Gasteiger partial charge in [0.1, 0.15) is 0 Å². The number of carbonyl (C=O) groups is 4. The largest absolute Gasteiger partial charge is 0.313 e.